The minimum absolute atomic E-state index is 0.133. The van der Waals surface area contributed by atoms with Gasteiger partial charge in [-0.1, -0.05) is 30.3 Å². The number of hydrogen-bond donors (Lipinski definition) is 1. The van der Waals surface area contributed by atoms with E-state index in [1.165, 1.54) is 0 Å². The van der Waals surface area contributed by atoms with Gasteiger partial charge in [0.05, 0.1) is 0 Å². The predicted octanol–water partition coefficient (Wildman–Crippen LogP) is 5.06. The van der Waals surface area contributed by atoms with Crippen LogP contribution in [0.1, 0.15) is 15.9 Å². The van der Waals surface area contributed by atoms with E-state index < -0.39 is 0 Å². The highest BCUT2D eigenvalue weighted by molar-refractivity contribution is 6.04. The van der Waals surface area contributed by atoms with Crippen molar-refractivity contribution in [1.82, 2.24) is 4.98 Å². The van der Waals surface area contributed by atoms with Crippen molar-refractivity contribution < 1.29 is 9.21 Å². The number of hydrogen-bond acceptors (Lipinski definition) is 3. The molecule has 0 saturated heterocycles. The molecule has 1 aromatic heterocycles. The van der Waals surface area contributed by atoms with Crippen LogP contribution in [-0.4, -0.2) is 10.9 Å². The first-order valence-electron chi connectivity index (χ1n) is 8.04. The largest absolute Gasteiger partial charge is 0.436 e. The molecular weight excluding hydrogens is 312 g/mol. The lowest BCUT2D eigenvalue weighted by Gasteiger charge is -2.05. The minimum Gasteiger partial charge on any atom is -0.436 e. The van der Waals surface area contributed by atoms with Gasteiger partial charge in [-0.2, -0.15) is 0 Å². The van der Waals surface area contributed by atoms with Gasteiger partial charge in [-0.15, -0.1) is 0 Å². The Morgan fingerprint density at radius 2 is 1.68 bits per heavy atom. The SMILES string of the molecule is Cc1cccc2oc(-c3ccc(NC(=O)c4ccccc4)cc3)nc12. The number of aromatic nitrogens is 1. The van der Waals surface area contributed by atoms with Gasteiger partial charge >= 0.3 is 0 Å². The van der Waals surface area contributed by atoms with Crippen LogP contribution in [0.4, 0.5) is 5.69 Å². The number of amides is 1. The first-order chi connectivity index (χ1) is 12.2. The molecule has 0 saturated carbocycles. The number of carbonyl (C=O) groups is 1. The zero-order valence-corrected chi connectivity index (χ0v) is 13.7. The number of nitrogens with zero attached hydrogens (tertiary/aromatic N) is 1. The van der Waals surface area contributed by atoms with Crippen LogP contribution in [0.15, 0.2) is 77.2 Å². The van der Waals surface area contributed by atoms with Crippen LogP contribution in [0, 0.1) is 6.92 Å². The summed E-state index contributed by atoms with van der Waals surface area (Å²) in [6, 6.07) is 22.5. The van der Waals surface area contributed by atoms with E-state index in [4.69, 9.17) is 4.42 Å². The summed E-state index contributed by atoms with van der Waals surface area (Å²) in [4.78, 5) is 16.7. The minimum atomic E-state index is -0.133. The van der Waals surface area contributed by atoms with E-state index in [-0.39, 0.29) is 5.91 Å². The highest BCUT2D eigenvalue weighted by Gasteiger charge is 2.10. The third kappa shape index (κ3) is 3.02. The van der Waals surface area contributed by atoms with E-state index in [0.29, 0.717) is 11.5 Å². The second-order valence-electron chi connectivity index (χ2n) is 5.84. The van der Waals surface area contributed by atoms with Crippen LogP contribution < -0.4 is 5.32 Å². The number of carbonyl (C=O) groups excluding carboxylic acids is 1. The van der Waals surface area contributed by atoms with E-state index in [1.807, 2.05) is 67.6 Å². The van der Waals surface area contributed by atoms with Crippen molar-refractivity contribution in [2.24, 2.45) is 0 Å². The lowest BCUT2D eigenvalue weighted by Crippen LogP contribution is -2.11. The van der Waals surface area contributed by atoms with Crippen molar-refractivity contribution in [3.8, 4) is 11.5 Å². The van der Waals surface area contributed by atoms with Gasteiger partial charge in [0, 0.05) is 16.8 Å². The van der Waals surface area contributed by atoms with Gasteiger partial charge < -0.3 is 9.73 Å². The maximum atomic E-state index is 12.2. The van der Waals surface area contributed by atoms with E-state index >= 15 is 0 Å². The monoisotopic (exact) mass is 328 g/mol. The van der Waals surface area contributed by atoms with Gasteiger partial charge in [0.25, 0.3) is 5.91 Å². The summed E-state index contributed by atoms with van der Waals surface area (Å²) in [5.41, 5.74) is 4.95. The standard InChI is InChI=1S/C21H16N2O2/c1-14-6-5-9-18-19(14)23-21(25-18)16-10-12-17(13-11-16)22-20(24)15-7-3-2-4-8-15/h2-13H,1H3,(H,22,24). The van der Waals surface area contributed by atoms with Gasteiger partial charge in [-0.05, 0) is 55.0 Å². The molecule has 0 spiro atoms. The molecule has 3 aromatic carbocycles. The molecule has 0 aliphatic heterocycles. The predicted molar refractivity (Wildman–Crippen MR) is 98.6 cm³/mol. The number of anilines is 1. The normalized spacial score (nSPS) is 10.8. The quantitative estimate of drug-likeness (QED) is 0.572. The molecule has 4 aromatic rings. The first-order valence-corrected chi connectivity index (χ1v) is 8.04. The number of aryl methyl sites for hydroxylation is 1. The average Bonchev–Trinajstić information content (AvgIpc) is 3.09. The number of rotatable bonds is 3. The number of para-hydroxylation sites is 1. The van der Waals surface area contributed by atoms with E-state index in [9.17, 15) is 4.79 Å². The maximum absolute atomic E-state index is 12.2. The van der Waals surface area contributed by atoms with E-state index in [2.05, 4.69) is 10.3 Å². The Hall–Kier alpha value is -3.40. The van der Waals surface area contributed by atoms with E-state index in [1.54, 1.807) is 12.1 Å². The van der Waals surface area contributed by atoms with Crippen LogP contribution in [0.25, 0.3) is 22.6 Å². The second-order valence-corrected chi connectivity index (χ2v) is 5.84. The van der Waals surface area contributed by atoms with Crippen LogP contribution in [0.3, 0.4) is 0 Å². The Bertz CT molecular complexity index is 1030. The highest BCUT2D eigenvalue weighted by atomic mass is 16.3. The zero-order valence-electron chi connectivity index (χ0n) is 13.7. The van der Waals surface area contributed by atoms with Crippen molar-refractivity contribution in [2.45, 2.75) is 6.92 Å². The van der Waals surface area contributed by atoms with Gasteiger partial charge in [-0.3, -0.25) is 4.79 Å². The van der Waals surface area contributed by atoms with Gasteiger partial charge in [0.1, 0.15) is 5.52 Å². The number of nitrogens with one attached hydrogen (secondary N) is 1. The van der Waals surface area contributed by atoms with Crippen LogP contribution in [-0.2, 0) is 0 Å². The molecule has 0 radical (unpaired) electrons. The summed E-state index contributed by atoms with van der Waals surface area (Å²) in [6.07, 6.45) is 0. The zero-order chi connectivity index (χ0) is 17.2. The van der Waals surface area contributed by atoms with Gasteiger partial charge in [0.15, 0.2) is 5.58 Å². The molecule has 1 heterocycles. The molecule has 0 aliphatic carbocycles. The molecule has 0 atom stereocenters. The molecule has 4 rings (SSSR count). The lowest BCUT2D eigenvalue weighted by molar-refractivity contribution is 0.102. The first kappa shape index (κ1) is 15.1. The summed E-state index contributed by atoms with van der Waals surface area (Å²) in [5, 5.41) is 2.88. The maximum Gasteiger partial charge on any atom is 0.255 e. The molecule has 122 valence electrons. The number of fused-ring (bicyclic) bond motifs is 1. The molecular formula is C21H16N2O2. The fourth-order valence-corrected chi connectivity index (χ4v) is 2.70. The number of oxazole rings is 1. The Morgan fingerprint density at radius 3 is 2.40 bits per heavy atom. The Kier molecular flexibility index (Phi) is 3.78. The number of benzene rings is 3. The Balaban J connectivity index is 1.57. The Labute approximate surface area is 145 Å². The molecule has 0 bridgehead atoms. The summed E-state index contributed by atoms with van der Waals surface area (Å²) in [6.45, 7) is 2.01. The van der Waals surface area contributed by atoms with Gasteiger partial charge in [0.2, 0.25) is 5.89 Å². The lowest BCUT2D eigenvalue weighted by atomic mass is 10.2. The van der Waals surface area contributed by atoms with Crippen molar-refractivity contribution in [3.05, 3.63) is 83.9 Å². The fourth-order valence-electron chi connectivity index (χ4n) is 2.70. The highest BCUT2D eigenvalue weighted by Crippen LogP contribution is 2.27. The summed E-state index contributed by atoms with van der Waals surface area (Å²) < 4.78 is 5.83. The molecule has 1 amide bonds. The second kappa shape index (κ2) is 6.24. The van der Waals surface area contributed by atoms with Crippen molar-refractivity contribution in [3.63, 3.8) is 0 Å². The van der Waals surface area contributed by atoms with Crippen LogP contribution in [0.5, 0.6) is 0 Å². The average molecular weight is 328 g/mol. The summed E-state index contributed by atoms with van der Waals surface area (Å²) >= 11 is 0. The van der Waals surface area contributed by atoms with Gasteiger partial charge in [-0.25, -0.2) is 4.98 Å². The fraction of sp³-hybridized carbons (Fsp3) is 0.0476. The molecule has 0 aliphatic rings. The molecule has 4 heteroatoms. The van der Waals surface area contributed by atoms with Crippen molar-refractivity contribution >= 4 is 22.7 Å². The van der Waals surface area contributed by atoms with Crippen LogP contribution in [0.2, 0.25) is 0 Å². The molecule has 4 nitrogen and oxygen atoms in total. The third-order valence-electron chi connectivity index (χ3n) is 4.05. The van der Waals surface area contributed by atoms with Crippen LogP contribution >= 0.6 is 0 Å². The van der Waals surface area contributed by atoms with E-state index in [0.717, 1.165) is 27.9 Å². The third-order valence-corrected chi connectivity index (χ3v) is 4.05. The Morgan fingerprint density at radius 1 is 0.920 bits per heavy atom. The molecule has 0 fully saturated rings. The summed E-state index contributed by atoms with van der Waals surface area (Å²) in [5.74, 6) is 0.441. The smallest absolute Gasteiger partial charge is 0.255 e. The molecule has 25 heavy (non-hydrogen) atoms. The van der Waals surface area contributed by atoms with Crippen molar-refractivity contribution in [2.75, 3.05) is 5.32 Å². The van der Waals surface area contributed by atoms with Crippen molar-refractivity contribution in [1.29, 1.82) is 0 Å². The summed E-state index contributed by atoms with van der Waals surface area (Å²) in [7, 11) is 0. The molecule has 0 unspecified atom stereocenters. The topological polar surface area (TPSA) is 55.1 Å². The molecule has 1 N–H and O–H groups in total.